The largest absolute Gasteiger partial charge is 0.497 e. The number of amides is 1. The van der Waals surface area contributed by atoms with Crippen molar-refractivity contribution in [1.82, 2.24) is 19.6 Å². The minimum atomic E-state index is -4.69. The fraction of sp³-hybridized carbons (Fsp3) is 0.500. The van der Waals surface area contributed by atoms with E-state index >= 15 is 0 Å². The SMILES string of the molecule is COc1ccc(-n2nc(C(F)(F)F)c3c2C(=O)N(CCCC/C(=N\S(C)(=O)=O)N(C)C)CC3)cc1. The topological polar surface area (TPSA) is 97.1 Å². The Labute approximate surface area is 202 Å². The van der Waals surface area contributed by atoms with Gasteiger partial charge in [0.05, 0.1) is 19.1 Å². The van der Waals surface area contributed by atoms with E-state index < -0.39 is 27.8 Å². The van der Waals surface area contributed by atoms with Gasteiger partial charge in [0.1, 0.15) is 17.3 Å². The molecule has 0 atom stereocenters. The maximum Gasteiger partial charge on any atom is 0.435 e. The van der Waals surface area contributed by atoms with Gasteiger partial charge >= 0.3 is 6.18 Å². The second-order valence-corrected chi connectivity index (χ2v) is 10.1. The van der Waals surface area contributed by atoms with Gasteiger partial charge in [0.15, 0.2) is 5.69 Å². The molecule has 1 amide bonds. The van der Waals surface area contributed by atoms with Gasteiger partial charge in [0.2, 0.25) is 0 Å². The van der Waals surface area contributed by atoms with Gasteiger partial charge in [0.25, 0.3) is 15.9 Å². The number of carbonyl (C=O) groups is 1. The van der Waals surface area contributed by atoms with Crippen LogP contribution in [0.15, 0.2) is 28.7 Å². The van der Waals surface area contributed by atoms with Gasteiger partial charge in [-0.05, 0) is 43.5 Å². The maximum atomic E-state index is 13.7. The molecular weight excluding hydrogens is 487 g/mol. The van der Waals surface area contributed by atoms with Gasteiger partial charge < -0.3 is 14.5 Å². The number of sulfonamides is 1. The van der Waals surface area contributed by atoms with Crippen LogP contribution >= 0.6 is 0 Å². The van der Waals surface area contributed by atoms with E-state index in [0.717, 1.165) is 10.9 Å². The van der Waals surface area contributed by atoms with Crippen molar-refractivity contribution in [1.29, 1.82) is 0 Å². The van der Waals surface area contributed by atoms with Crippen molar-refractivity contribution in [3.05, 3.63) is 41.2 Å². The summed E-state index contributed by atoms with van der Waals surface area (Å²) in [6.45, 7) is 0.453. The first kappa shape index (κ1) is 26.5. The number of methoxy groups -OCH3 is 1. The second-order valence-electron chi connectivity index (χ2n) is 8.42. The first-order valence-corrected chi connectivity index (χ1v) is 12.8. The Hall–Kier alpha value is -3.09. The third-order valence-corrected chi connectivity index (χ3v) is 6.10. The molecule has 0 saturated heterocycles. The van der Waals surface area contributed by atoms with Crippen LogP contribution in [0.4, 0.5) is 13.2 Å². The minimum absolute atomic E-state index is 0.0323. The number of fused-ring (bicyclic) bond motifs is 1. The van der Waals surface area contributed by atoms with E-state index in [0.29, 0.717) is 43.1 Å². The van der Waals surface area contributed by atoms with Crippen LogP contribution in [0.1, 0.15) is 41.0 Å². The summed E-state index contributed by atoms with van der Waals surface area (Å²) < 4.78 is 73.9. The molecule has 9 nitrogen and oxygen atoms in total. The van der Waals surface area contributed by atoms with E-state index in [1.165, 1.54) is 12.0 Å². The minimum Gasteiger partial charge on any atom is -0.497 e. The highest BCUT2D eigenvalue weighted by molar-refractivity contribution is 7.89. The van der Waals surface area contributed by atoms with Crippen LogP contribution in [-0.2, 0) is 22.6 Å². The Kier molecular flexibility index (Phi) is 7.77. The Balaban J connectivity index is 1.80. The molecule has 13 heteroatoms. The number of amidine groups is 1. The number of rotatable bonds is 8. The van der Waals surface area contributed by atoms with Crippen LogP contribution in [0.3, 0.4) is 0 Å². The molecule has 3 rings (SSSR count). The summed E-state index contributed by atoms with van der Waals surface area (Å²) >= 11 is 0. The van der Waals surface area contributed by atoms with Gasteiger partial charge in [-0.1, -0.05) is 0 Å². The molecule has 0 radical (unpaired) electrons. The molecule has 1 aliphatic rings. The average molecular weight is 516 g/mol. The number of ether oxygens (including phenoxy) is 1. The predicted octanol–water partition coefficient (Wildman–Crippen LogP) is 2.99. The van der Waals surface area contributed by atoms with Gasteiger partial charge in [-0.2, -0.15) is 22.7 Å². The van der Waals surface area contributed by atoms with E-state index in [-0.39, 0.29) is 24.2 Å². The van der Waals surface area contributed by atoms with E-state index in [9.17, 15) is 26.4 Å². The third kappa shape index (κ3) is 6.32. The summed E-state index contributed by atoms with van der Waals surface area (Å²) in [5.41, 5.74) is -0.935. The fourth-order valence-corrected chi connectivity index (χ4v) is 4.52. The Morgan fingerprint density at radius 2 is 1.86 bits per heavy atom. The molecule has 1 aliphatic heterocycles. The van der Waals surface area contributed by atoms with Crippen molar-refractivity contribution < 1.29 is 31.1 Å². The van der Waals surface area contributed by atoms with E-state index in [4.69, 9.17) is 4.74 Å². The molecule has 1 aromatic carbocycles. The number of unbranched alkanes of at least 4 members (excludes halogenated alkanes) is 1. The van der Waals surface area contributed by atoms with Gasteiger partial charge in [0, 0.05) is 39.2 Å². The zero-order chi connectivity index (χ0) is 26.0. The summed E-state index contributed by atoms with van der Waals surface area (Å²) in [6.07, 6.45) is -2.18. The summed E-state index contributed by atoms with van der Waals surface area (Å²) in [6, 6.07) is 6.26. The smallest absolute Gasteiger partial charge is 0.435 e. The van der Waals surface area contributed by atoms with Gasteiger partial charge in [-0.3, -0.25) is 4.79 Å². The van der Waals surface area contributed by atoms with Crippen LogP contribution in [-0.4, -0.2) is 80.3 Å². The van der Waals surface area contributed by atoms with E-state index in [1.54, 1.807) is 43.3 Å². The number of carbonyl (C=O) groups excluding carboxylic acids is 1. The number of alkyl halides is 3. The molecule has 2 aromatic rings. The first-order valence-electron chi connectivity index (χ1n) is 10.9. The quantitative estimate of drug-likeness (QED) is 0.305. The van der Waals surface area contributed by atoms with Crippen molar-refractivity contribution in [2.45, 2.75) is 31.9 Å². The molecule has 0 aliphatic carbocycles. The molecule has 0 saturated carbocycles. The Morgan fingerprint density at radius 1 is 1.20 bits per heavy atom. The Bertz CT molecular complexity index is 1200. The molecule has 0 spiro atoms. The highest BCUT2D eigenvalue weighted by Gasteiger charge is 2.43. The van der Waals surface area contributed by atoms with E-state index in [1.807, 2.05) is 0 Å². The molecular formula is C22H28F3N5O4S. The highest BCUT2D eigenvalue weighted by Crippen LogP contribution is 2.36. The van der Waals surface area contributed by atoms with Crippen LogP contribution < -0.4 is 4.74 Å². The number of aromatic nitrogens is 2. The Morgan fingerprint density at radius 3 is 2.40 bits per heavy atom. The standard InChI is InChI=1S/C22H28F3N5O4S/c1-28(2)18(27-35(4,32)33)7-5-6-13-29-14-12-17-19(21(29)31)30(26-20(17)22(23,24)25)15-8-10-16(34-3)11-9-15/h8-11H,5-7,12-14H2,1-4H3/b27-18+. The van der Waals surface area contributed by atoms with Gasteiger partial charge in [-0.15, -0.1) is 0 Å². The monoisotopic (exact) mass is 515 g/mol. The molecule has 192 valence electrons. The van der Waals surface area contributed by atoms with Crippen molar-refractivity contribution in [2.24, 2.45) is 4.40 Å². The highest BCUT2D eigenvalue weighted by atomic mass is 32.2. The van der Waals surface area contributed by atoms with E-state index in [2.05, 4.69) is 9.50 Å². The molecule has 0 fully saturated rings. The lowest BCUT2D eigenvalue weighted by atomic mass is 10.0. The summed E-state index contributed by atoms with van der Waals surface area (Å²) in [5.74, 6) is 0.394. The molecule has 2 heterocycles. The lowest BCUT2D eigenvalue weighted by Crippen LogP contribution is -2.39. The summed E-state index contributed by atoms with van der Waals surface area (Å²) in [4.78, 5) is 16.4. The second kappa shape index (κ2) is 10.3. The predicted molar refractivity (Wildman–Crippen MR) is 125 cm³/mol. The third-order valence-electron chi connectivity index (χ3n) is 5.56. The molecule has 0 N–H and O–H groups in total. The average Bonchev–Trinajstić information content (AvgIpc) is 3.17. The van der Waals surface area contributed by atoms with Crippen LogP contribution in [0.25, 0.3) is 5.69 Å². The van der Waals surface area contributed by atoms with Crippen molar-refractivity contribution in [2.75, 3.05) is 40.6 Å². The maximum absolute atomic E-state index is 13.7. The zero-order valence-electron chi connectivity index (χ0n) is 20.0. The van der Waals surface area contributed by atoms with Crippen LogP contribution in [0.5, 0.6) is 5.75 Å². The number of nitrogens with zero attached hydrogens (tertiary/aromatic N) is 5. The number of hydrogen-bond donors (Lipinski definition) is 0. The van der Waals surface area contributed by atoms with Crippen LogP contribution in [0, 0.1) is 0 Å². The van der Waals surface area contributed by atoms with Crippen molar-refractivity contribution in [3.63, 3.8) is 0 Å². The van der Waals surface area contributed by atoms with Gasteiger partial charge in [-0.25, -0.2) is 13.1 Å². The lowest BCUT2D eigenvalue weighted by molar-refractivity contribution is -0.142. The zero-order valence-corrected chi connectivity index (χ0v) is 20.8. The number of benzene rings is 1. The normalized spacial score (nSPS) is 14.8. The van der Waals surface area contributed by atoms with Crippen molar-refractivity contribution in [3.8, 4) is 11.4 Å². The van der Waals surface area contributed by atoms with Crippen LogP contribution in [0.2, 0.25) is 0 Å². The summed E-state index contributed by atoms with van der Waals surface area (Å²) in [5, 5.41) is 3.77. The first-order chi connectivity index (χ1) is 16.3. The molecule has 0 bridgehead atoms. The fourth-order valence-electron chi connectivity index (χ4n) is 3.88. The molecule has 0 unspecified atom stereocenters. The summed E-state index contributed by atoms with van der Waals surface area (Å²) in [7, 11) is 1.32. The van der Waals surface area contributed by atoms with Crippen molar-refractivity contribution >= 4 is 21.8 Å². The molecule has 35 heavy (non-hydrogen) atoms. The number of hydrogen-bond acceptors (Lipinski definition) is 5. The lowest BCUT2D eigenvalue weighted by Gasteiger charge is -2.28. The number of halogens is 3. The molecule has 1 aromatic heterocycles.